The van der Waals surface area contributed by atoms with E-state index in [1.807, 2.05) is 11.9 Å². The van der Waals surface area contributed by atoms with Crippen LogP contribution in [0.5, 0.6) is 0 Å². The normalized spacial score (nSPS) is 10.7. The van der Waals surface area contributed by atoms with Crippen molar-refractivity contribution < 1.29 is 9.59 Å². The Morgan fingerprint density at radius 3 is 2.47 bits per heavy atom. The zero-order chi connectivity index (χ0) is 13.3. The van der Waals surface area contributed by atoms with Gasteiger partial charge in [0, 0.05) is 13.0 Å². The van der Waals surface area contributed by atoms with E-state index < -0.39 is 0 Å². The van der Waals surface area contributed by atoms with Crippen molar-refractivity contribution >= 4 is 11.8 Å². The first-order valence-corrected chi connectivity index (χ1v) is 5.90. The summed E-state index contributed by atoms with van der Waals surface area (Å²) in [7, 11) is 1.86. The molecule has 0 atom stereocenters. The summed E-state index contributed by atoms with van der Waals surface area (Å²) in [5, 5.41) is 2.84. The van der Waals surface area contributed by atoms with Crippen LogP contribution < -0.4 is 16.6 Å². The van der Waals surface area contributed by atoms with Crippen LogP contribution in [0.15, 0.2) is 0 Å². The van der Waals surface area contributed by atoms with Crippen LogP contribution in [0.4, 0.5) is 0 Å². The highest BCUT2D eigenvalue weighted by Gasteiger charge is 2.07. The van der Waals surface area contributed by atoms with E-state index in [2.05, 4.69) is 24.6 Å². The molecule has 6 nitrogen and oxygen atoms in total. The van der Waals surface area contributed by atoms with Crippen molar-refractivity contribution in [2.75, 3.05) is 26.7 Å². The number of likely N-dealkylation sites (N-methyl/N-ethyl adjacent to an activating group) is 1. The van der Waals surface area contributed by atoms with Gasteiger partial charge in [-0.05, 0) is 25.9 Å². The number of nitrogens with one attached hydrogen (secondary N) is 2. The summed E-state index contributed by atoms with van der Waals surface area (Å²) in [6.07, 6.45) is 1.07. The third-order valence-electron chi connectivity index (χ3n) is 2.23. The molecule has 0 rings (SSSR count). The maximum atomic E-state index is 11.5. The molecule has 0 bridgehead atoms. The largest absolute Gasteiger partial charge is 0.355 e. The summed E-state index contributed by atoms with van der Waals surface area (Å²) in [5.41, 5.74) is 2.08. The second-order valence-electron chi connectivity index (χ2n) is 4.61. The molecule has 0 spiro atoms. The number of carbonyl (C=O) groups is 2. The third-order valence-corrected chi connectivity index (χ3v) is 2.23. The van der Waals surface area contributed by atoms with Crippen LogP contribution in [0, 0.1) is 5.92 Å². The van der Waals surface area contributed by atoms with Gasteiger partial charge in [0.1, 0.15) is 0 Å². The molecule has 2 amide bonds. The molecule has 0 heterocycles. The Morgan fingerprint density at radius 1 is 1.29 bits per heavy atom. The van der Waals surface area contributed by atoms with E-state index >= 15 is 0 Å². The number of rotatable bonds is 8. The lowest BCUT2D eigenvalue weighted by Crippen LogP contribution is -2.37. The zero-order valence-electron chi connectivity index (χ0n) is 11.0. The highest BCUT2D eigenvalue weighted by atomic mass is 16.2. The van der Waals surface area contributed by atoms with Gasteiger partial charge in [-0.2, -0.15) is 0 Å². The molecule has 0 unspecified atom stereocenters. The first-order valence-electron chi connectivity index (χ1n) is 5.90. The minimum absolute atomic E-state index is 0.0180. The average Bonchev–Trinajstić information content (AvgIpc) is 2.26. The summed E-state index contributed by atoms with van der Waals surface area (Å²) in [6.45, 7) is 5.85. The topological polar surface area (TPSA) is 87.5 Å². The third kappa shape index (κ3) is 9.77. The number of amides is 2. The van der Waals surface area contributed by atoms with Gasteiger partial charge >= 0.3 is 0 Å². The summed E-state index contributed by atoms with van der Waals surface area (Å²) >= 11 is 0. The van der Waals surface area contributed by atoms with Crippen LogP contribution in [-0.2, 0) is 9.59 Å². The van der Waals surface area contributed by atoms with Crippen LogP contribution >= 0.6 is 0 Å². The fraction of sp³-hybridized carbons (Fsp3) is 0.818. The molecule has 6 heteroatoms. The highest BCUT2D eigenvalue weighted by Crippen LogP contribution is 1.93. The predicted octanol–water partition coefficient (Wildman–Crippen LogP) is -0.539. The van der Waals surface area contributed by atoms with Gasteiger partial charge in [0.2, 0.25) is 11.8 Å². The summed E-state index contributed by atoms with van der Waals surface area (Å²) in [5.74, 6) is 5.26. The monoisotopic (exact) mass is 244 g/mol. The molecule has 0 aromatic rings. The van der Waals surface area contributed by atoms with Gasteiger partial charge in [-0.3, -0.25) is 19.9 Å². The molecule has 0 aliphatic heterocycles. The van der Waals surface area contributed by atoms with Crippen LogP contribution in [0.3, 0.4) is 0 Å². The fourth-order valence-corrected chi connectivity index (χ4v) is 1.28. The molecule has 100 valence electrons. The summed E-state index contributed by atoms with van der Waals surface area (Å²) in [4.78, 5) is 24.2. The SMILES string of the molecule is CC(C)CNC(=O)CN(C)CCCC(=O)NN. The van der Waals surface area contributed by atoms with E-state index in [-0.39, 0.29) is 11.8 Å². The van der Waals surface area contributed by atoms with Crippen LogP contribution in [0.2, 0.25) is 0 Å². The second kappa shape index (κ2) is 8.95. The van der Waals surface area contributed by atoms with Crippen molar-refractivity contribution in [2.45, 2.75) is 26.7 Å². The standard InChI is InChI=1S/C11H24N4O2/c1-9(2)7-13-11(17)8-15(3)6-4-5-10(16)14-12/h9H,4-8,12H2,1-3H3,(H,13,17)(H,14,16). The number of carbonyl (C=O) groups excluding carboxylic acids is 2. The van der Waals surface area contributed by atoms with Crippen LogP contribution in [0.1, 0.15) is 26.7 Å². The smallest absolute Gasteiger partial charge is 0.234 e. The fourth-order valence-electron chi connectivity index (χ4n) is 1.28. The summed E-state index contributed by atoms with van der Waals surface area (Å²) in [6, 6.07) is 0. The molecule has 0 radical (unpaired) electrons. The van der Waals surface area contributed by atoms with Gasteiger partial charge in [0.05, 0.1) is 6.54 Å². The number of hydrogen-bond donors (Lipinski definition) is 3. The minimum Gasteiger partial charge on any atom is -0.355 e. The highest BCUT2D eigenvalue weighted by molar-refractivity contribution is 5.78. The second-order valence-corrected chi connectivity index (χ2v) is 4.61. The van der Waals surface area contributed by atoms with Crippen molar-refractivity contribution in [2.24, 2.45) is 11.8 Å². The maximum absolute atomic E-state index is 11.5. The van der Waals surface area contributed by atoms with E-state index in [0.717, 1.165) is 0 Å². The summed E-state index contributed by atoms with van der Waals surface area (Å²) < 4.78 is 0. The number of hydrazine groups is 1. The molecule has 0 aromatic heterocycles. The lowest BCUT2D eigenvalue weighted by molar-refractivity contribution is -0.122. The van der Waals surface area contributed by atoms with Gasteiger partial charge in [-0.15, -0.1) is 0 Å². The number of nitrogens with zero attached hydrogens (tertiary/aromatic N) is 1. The van der Waals surface area contributed by atoms with E-state index in [9.17, 15) is 9.59 Å². The zero-order valence-corrected chi connectivity index (χ0v) is 11.0. The van der Waals surface area contributed by atoms with Gasteiger partial charge < -0.3 is 5.32 Å². The van der Waals surface area contributed by atoms with Gasteiger partial charge in [-0.1, -0.05) is 13.8 Å². The van der Waals surface area contributed by atoms with Gasteiger partial charge in [-0.25, -0.2) is 5.84 Å². The Labute approximate surface area is 103 Å². The van der Waals surface area contributed by atoms with Crippen molar-refractivity contribution in [3.05, 3.63) is 0 Å². The van der Waals surface area contributed by atoms with E-state index in [4.69, 9.17) is 5.84 Å². The number of hydrogen-bond acceptors (Lipinski definition) is 4. The van der Waals surface area contributed by atoms with Crippen LogP contribution in [0.25, 0.3) is 0 Å². The lowest BCUT2D eigenvalue weighted by atomic mass is 10.2. The molecule has 0 aromatic carbocycles. The lowest BCUT2D eigenvalue weighted by Gasteiger charge is -2.16. The van der Waals surface area contributed by atoms with E-state index in [0.29, 0.717) is 38.4 Å². The molecule has 0 saturated heterocycles. The van der Waals surface area contributed by atoms with Crippen molar-refractivity contribution in [1.29, 1.82) is 0 Å². The molecule has 0 saturated carbocycles. The Hall–Kier alpha value is -1.14. The first kappa shape index (κ1) is 15.9. The average molecular weight is 244 g/mol. The molecular formula is C11H24N4O2. The van der Waals surface area contributed by atoms with E-state index in [1.54, 1.807) is 0 Å². The van der Waals surface area contributed by atoms with Crippen molar-refractivity contribution in [3.8, 4) is 0 Å². The molecular weight excluding hydrogens is 220 g/mol. The van der Waals surface area contributed by atoms with Crippen molar-refractivity contribution in [3.63, 3.8) is 0 Å². The first-order chi connectivity index (χ1) is 7.95. The number of nitrogens with two attached hydrogens (primary N) is 1. The Morgan fingerprint density at radius 2 is 1.94 bits per heavy atom. The van der Waals surface area contributed by atoms with E-state index in [1.165, 1.54) is 0 Å². The maximum Gasteiger partial charge on any atom is 0.234 e. The Kier molecular flexibility index (Phi) is 8.35. The Balaban J connectivity index is 3.60. The Bertz CT molecular complexity index is 244. The van der Waals surface area contributed by atoms with Crippen molar-refractivity contribution in [1.82, 2.24) is 15.6 Å². The van der Waals surface area contributed by atoms with Gasteiger partial charge in [0.25, 0.3) is 0 Å². The molecule has 17 heavy (non-hydrogen) atoms. The van der Waals surface area contributed by atoms with Gasteiger partial charge in [0.15, 0.2) is 0 Å². The predicted molar refractivity (Wildman–Crippen MR) is 66.9 cm³/mol. The quantitative estimate of drug-likeness (QED) is 0.304. The minimum atomic E-state index is -0.178. The molecule has 0 fully saturated rings. The van der Waals surface area contributed by atoms with Crippen LogP contribution in [-0.4, -0.2) is 43.4 Å². The molecule has 0 aliphatic carbocycles. The molecule has 4 N–H and O–H groups in total. The molecule has 0 aliphatic rings.